The third-order valence-electron chi connectivity index (χ3n) is 3.46. The number of carbonyl (C=O) groups is 1. The number of pyridine rings is 1. The number of anilines is 1. The molecule has 110 valence electrons. The Labute approximate surface area is 129 Å². The number of allylic oxidation sites excluding steroid dienone is 1. The largest absolute Gasteiger partial charge is 0.322 e. The number of fused-ring (bicyclic) bond motifs is 1. The monoisotopic (exact) mass is 291 g/mol. The Hall–Kier alpha value is -2.88. The van der Waals surface area contributed by atoms with Crippen LogP contribution in [-0.2, 0) is 4.79 Å². The number of nitrogens with zero attached hydrogens (tertiary/aromatic N) is 2. The lowest BCUT2D eigenvalue weighted by molar-refractivity contribution is -0.111. The zero-order chi connectivity index (χ0) is 15.5. The van der Waals surface area contributed by atoms with Gasteiger partial charge in [-0.25, -0.2) is 4.98 Å². The van der Waals surface area contributed by atoms with Gasteiger partial charge in [0.1, 0.15) is 5.65 Å². The Bertz CT molecular complexity index is 862. The Morgan fingerprint density at radius 2 is 2.05 bits per heavy atom. The van der Waals surface area contributed by atoms with Crippen LogP contribution in [0.1, 0.15) is 12.5 Å². The van der Waals surface area contributed by atoms with Gasteiger partial charge in [-0.1, -0.05) is 30.3 Å². The van der Waals surface area contributed by atoms with Crippen molar-refractivity contribution in [2.45, 2.75) is 13.8 Å². The van der Waals surface area contributed by atoms with Gasteiger partial charge in [0.15, 0.2) is 0 Å². The molecule has 0 aliphatic carbocycles. The number of hydrogen-bond donors (Lipinski definition) is 1. The highest BCUT2D eigenvalue weighted by Crippen LogP contribution is 2.28. The van der Waals surface area contributed by atoms with Gasteiger partial charge >= 0.3 is 0 Å². The summed E-state index contributed by atoms with van der Waals surface area (Å²) in [4.78, 5) is 16.5. The summed E-state index contributed by atoms with van der Waals surface area (Å²) >= 11 is 0. The van der Waals surface area contributed by atoms with Gasteiger partial charge in [0.25, 0.3) is 0 Å². The predicted molar refractivity (Wildman–Crippen MR) is 88.8 cm³/mol. The second-order valence-corrected chi connectivity index (χ2v) is 5.08. The standard InChI is InChI=1S/C18H17N3O/c1-3-7-17(22)19-15-10-5-4-9-14(15)16-12-21-11-6-8-13(2)18(21)20-16/h3-12H,1-2H3,(H,19,22). The van der Waals surface area contributed by atoms with E-state index in [-0.39, 0.29) is 5.91 Å². The maximum atomic E-state index is 11.8. The zero-order valence-corrected chi connectivity index (χ0v) is 12.6. The molecule has 0 atom stereocenters. The minimum absolute atomic E-state index is 0.144. The van der Waals surface area contributed by atoms with E-state index in [1.807, 2.05) is 67.0 Å². The number of benzene rings is 1. The number of amides is 1. The van der Waals surface area contributed by atoms with Crippen molar-refractivity contribution in [1.29, 1.82) is 0 Å². The maximum absolute atomic E-state index is 11.8. The van der Waals surface area contributed by atoms with Crippen LogP contribution in [0.5, 0.6) is 0 Å². The number of rotatable bonds is 3. The lowest BCUT2D eigenvalue weighted by atomic mass is 10.1. The van der Waals surface area contributed by atoms with Gasteiger partial charge in [-0.15, -0.1) is 0 Å². The molecule has 0 unspecified atom stereocenters. The van der Waals surface area contributed by atoms with Crippen molar-refractivity contribution < 1.29 is 4.79 Å². The van der Waals surface area contributed by atoms with Crippen molar-refractivity contribution in [1.82, 2.24) is 9.38 Å². The normalized spacial score (nSPS) is 11.2. The average Bonchev–Trinajstić information content (AvgIpc) is 2.93. The molecule has 1 amide bonds. The summed E-state index contributed by atoms with van der Waals surface area (Å²) in [5.41, 5.74) is 4.54. The molecular formula is C18H17N3O. The van der Waals surface area contributed by atoms with Crippen molar-refractivity contribution in [3.8, 4) is 11.3 Å². The van der Waals surface area contributed by atoms with Gasteiger partial charge in [-0.3, -0.25) is 4.79 Å². The number of nitrogens with one attached hydrogen (secondary N) is 1. The number of carbonyl (C=O) groups excluding carboxylic acids is 1. The number of para-hydroxylation sites is 1. The van der Waals surface area contributed by atoms with Crippen LogP contribution in [0.25, 0.3) is 16.9 Å². The zero-order valence-electron chi connectivity index (χ0n) is 12.6. The molecule has 1 N–H and O–H groups in total. The van der Waals surface area contributed by atoms with E-state index in [0.29, 0.717) is 0 Å². The highest BCUT2D eigenvalue weighted by atomic mass is 16.1. The van der Waals surface area contributed by atoms with E-state index in [0.717, 1.165) is 28.2 Å². The molecule has 2 heterocycles. The van der Waals surface area contributed by atoms with E-state index in [9.17, 15) is 4.79 Å². The maximum Gasteiger partial charge on any atom is 0.248 e. The Morgan fingerprint density at radius 3 is 2.82 bits per heavy atom. The average molecular weight is 291 g/mol. The molecule has 3 aromatic rings. The van der Waals surface area contributed by atoms with Gasteiger partial charge in [-0.2, -0.15) is 0 Å². The molecule has 0 fully saturated rings. The summed E-state index contributed by atoms with van der Waals surface area (Å²) in [5, 5.41) is 2.89. The smallest absolute Gasteiger partial charge is 0.248 e. The van der Waals surface area contributed by atoms with E-state index >= 15 is 0 Å². The van der Waals surface area contributed by atoms with Crippen LogP contribution in [0.15, 0.2) is 60.9 Å². The van der Waals surface area contributed by atoms with E-state index in [1.165, 1.54) is 6.08 Å². The predicted octanol–water partition coefficient (Wildman–Crippen LogP) is 3.82. The van der Waals surface area contributed by atoms with Gasteiger partial charge in [0, 0.05) is 18.0 Å². The molecular weight excluding hydrogens is 274 g/mol. The van der Waals surface area contributed by atoms with Crippen molar-refractivity contribution in [2.24, 2.45) is 0 Å². The highest BCUT2D eigenvalue weighted by molar-refractivity contribution is 6.01. The Kier molecular flexibility index (Phi) is 3.74. The fourth-order valence-electron chi connectivity index (χ4n) is 2.42. The van der Waals surface area contributed by atoms with E-state index in [4.69, 9.17) is 4.98 Å². The SMILES string of the molecule is CC=CC(=O)Nc1ccccc1-c1cn2cccc(C)c2n1. The number of aromatic nitrogens is 2. The molecule has 2 aromatic heterocycles. The van der Waals surface area contributed by atoms with Crippen molar-refractivity contribution >= 4 is 17.2 Å². The second-order valence-electron chi connectivity index (χ2n) is 5.08. The summed E-state index contributed by atoms with van der Waals surface area (Å²) in [5.74, 6) is -0.144. The molecule has 3 rings (SSSR count). The van der Waals surface area contributed by atoms with Crippen LogP contribution in [-0.4, -0.2) is 15.3 Å². The third kappa shape index (κ3) is 2.63. The Morgan fingerprint density at radius 1 is 1.23 bits per heavy atom. The van der Waals surface area contributed by atoms with Crippen LogP contribution in [0, 0.1) is 6.92 Å². The second kappa shape index (κ2) is 5.85. The lowest BCUT2D eigenvalue weighted by Gasteiger charge is -2.07. The first-order chi connectivity index (χ1) is 10.7. The van der Waals surface area contributed by atoms with E-state index in [2.05, 4.69) is 5.32 Å². The Balaban J connectivity index is 2.07. The number of imidazole rings is 1. The van der Waals surface area contributed by atoms with Gasteiger partial charge in [-0.05, 0) is 37.6 Å². The van der Waals surface area contributed by atoms with Gasteiger partial charge in [0.05, 0.1) is 11.4 Å². The molecule has 0 spiro atoms. The fraction of sp³-hybridized carbons (Fsp3) is 0.111. The van der Waals surface area contributed by atoms with Crippen molar-refractivity contribution in [3.63, 3.8) is 0 Å². The van der Waals surface area contributed by atoms with E-state index < -0.39 is 0 Å². The van der Waals surface area contributed by atoms with Crippen LogP contribution in [0.4, 0.5) is 5.69 Å². The first kappa shape index (κ1) is 14.1. The molecule has 4 heteroatoms. The molecule has 1 aromatic carbocycles. The van der Waals surface area contributed by atoms with Crippen LogP contribution >= 0.6 is 0 Å². The first-order valence-corrected chi connectivity index (χ1v) is 7.16. The lowest BCUT2D eigenvalue weighted by Crippen LogP contribution is -2.08. The molecule has 0 aliphatic rings. The molecule has 0 aliphatic heterocycles. The topological polar surface area (TPSA) is 46.4 Å². The van der Waals surface area contributed by atoms with Crippen molar-refractivity contribution in [2.75, 3.05) is 5.32 Å². The molecule has 0 saturated carbocycles. The quantitative estimate of drug-likeness (QED) is 0.746. The van der Waals surface area contributed by atoms with Crippen LogP contribution in [0.2, 0.25) is 0 Å². The van der Waals surface area contributed by atoms with E-state index in [1.54, 1.807) is 6.08 Å². The summed E-state index contributed by atoms with van der Waals surface area (Å²) in [6.45, 7) is 3.85. The van der Waals surface area contributed by atoms with Gasteiger partial charge < -0.3 is 9.72 Å². The third-order valence-corrected chi connectivity index (χ3v) is 3.46. The molecule has 4 nitrogen and oxygen atoms in total. The summed E-state index contributed by atoms with van der Waals surface area (Å²) < 4.78 is 2.00. The minimum Gasteiger partial charge on any atom is -0.322 e. The highest BCUT2D eigenvalue weighted by Gasteiger charge is 2.11. The summed E-state index contributed by atoms with van der Waals surface area (Å²) in [6, 6.07) is 11.7. The molecule has 22 heavy (non-hydrogen) atoms. The molecule has 0 saturated heterocycles. The van der Waals surface area contributed by atoms with Gasteiger partial charge in [0.2, 0.25) is 5.91 Å². The number of hydrogen-bond acceptors (Lipinski definition) is 2. The number of aryl methyl sites for hydroxylation is 1. The molecule has 0 radical (unpaired) electrons. The molecule has 0 bridgehead atoms. The van der Waals surface area contributed by atoms with Crippen LogP contribution < -0.4 is 5.32 Å². The van der Waals surface area contributed by atoms with Crippen molar-refractivity contribution in [3.05, 3.63) is 66.5 Å². The minimum atomic E-state index is -0.144. The summed E-state index contributed by atoms with van der Waals surface area (Å²) in [6.07, 6.45) is 7.17. The summed E-state index contributed by atoms with van der Waals surface area (Å²) in [7, 11) is 0. The van der Waals surface area contributed by atoms with Crippen LogP contribution in [0.3, 0.4) is 0 Å². The fourth-order valence-corrected chi connectivity index (χ4v) is 2.42. The first-order valence-electron chi connectivity index (χ1n) is 7.16.